The lowest BCUT2D eigenvalue weighted by molar-refractivity contribution is -0.111. The van der Waals surface area contributed by atoms with Crippen molar-refractivity contribution in [3.63, 3.8) is 0 Å². The van der Waals surface area contributed by atoms with E-state index in [0.717, 1.165) is 34.0 Å². The van der Waals surface area contributed by atoms with Gasteiger partial charge >= 0.3 is 0 Å². The van der Waals surface area contributed by atoms with E-state index >= 15 is 0 Å². The number of rotatable bonds is 5. The van der Waals surface area contributed by atoms with Crippen LogP contribution in [-0.4, -0.2) is 25.5 Å². The van der Waals surface area contributed by atoms with E-state index in [-0.39, 0.29) is 5.91 Å². The summed E-state index contributed by atoms with van der Waals surface area (Å²) in [6.45, 7) is 3.83. The third-order valence-electron chi connectivity index (χ3n) is 4.59. The molecule has 0 aliphatic heterocycles. The molecule has 29 heavy (non-hydrogen) atoms. The minimum atomic E-state index is -0.212. The first-order chi connectivity index (χ1) is 14.1. The predicted octanol–water partition coefficient (Wildman–Crippen LogP) is 4.33. The second kappa shape index (κ2) is 7.98. The van der Waals surface area contributed by atoms with Crippen LogP contribution in [0.4, 0.5) is 5.69 Å². The summed E-state index contributed by atoms with van der Waals surface area (Å²) >= 11 is 0. The zero-order valence-electron chi connectivity index (χ0n) is 16.3. The average molecular weight is 383 g/mol. The standard InChI is InChI=1S/C23H21N5O/c1-17-23(18(2)28(26-17)21-11-7-4-8-12-21)25-22(29)14-13-19-15-24-27(16-19)20-9-5-3-6-10-20/h3-16H,1-2H3,(H,25,29). The number of benzene rings is 2. The number of amides is 1. The minimum Gasteiger partial charge on any atom is -0.319 e. The molecular formula is C23H21N5O. The second-order valence-electron chi connectivity index (χ2n) is 6.67. The van der Waals surface area contributed by atoms with Crippen molar-refractivity contribution < 1.29 is 4.79 Å². The quantitative estimate of drug-likeness (QED) is 0.522. The number of carbonyl (C=O) groups is 1. The van der Waals surface area contributed by atoms with Crippen LogP contribution in [0.5, 0.6) is 0 Å². The summed E-state index contributed by atoms with van der Waals surface area (Å²) in [6, 6.07) is 19.7. The number of anilines is 1. The van der Waals surface area contributed by atoms with Gasteiger partial charge in [-0.25, -0.2) is 9.36 Å². The van der Waals surface area contributed by atoms with Crippen molar-refractivity contribution in [2.24, 2.45) is 0 Å². The maximum absolute atomic E-state index is 12.5. The molecule has 4 rings (SSSR count). The van der Waals surface area contributed by atoms with Crippen molar-refractivity contribution >= 4 is 17.7 Å². The lowest BCUT2D eigenvalue weighted by atomic mass is 10.2. The first kappa shape index (κ1) is 18.4. The Morgan fingerprint density at radius 3 is 2.31 bits per heavy atom. The third kappa shape index (κ3) is 4.01. The second-order valence-corrected chi connectivity index (χ2v) is 6.67. The zero-order valence-corrected chi connectivity index (χ0v) is 16.3. The van der Waals surface area contributed by atoms with E-state index in [4.69, 9.17) is 0 Å². The van der Waals surface area contributed by atoms with Crippen LogP contribution < -0.4 is 5.32 Å². The van der Waals surface area contributed by atoms with Gasteiger partial charge in [-0.1, -0.05) is 36.4 Å². The molecule has 4 aromatic rings. The summed E-state index contributed by atoms with van der Waals surface area (Å²) < 4.78 is 3.61. The number of aryl methyl sites for hydroxylation is 1. The van der Waals surface area contributed by atoms with Crippen molar-refractivity contribution in [1.29, 1.82) is 0 Å². The lowest BCUT2D eigenvalue weighted by Gasteiger charge is -2.05. The SMILES string of the molecule is Cc1nn(-c2ccccc2)c(C)c1NC(=O)C=Cc1cnn(-c2ccccc2)c1. The Labute approximate surface area is 169 Å². The van der Waals surface area contributed by atoms with Crippen LogP contribution in [0.15, 0.2) is 79.1 Å². The molecule has 144 valence electrons. The topological polar surface area (TPSA) is 64.7 Å². The molecule has 2 aromatic heterocycles. The van der Waals surface area contributed by atoms with Gasteiger partial charge in [-0.15, -0.1) is 0 Å². The maximum Gasteiger partial charge on any atom is 0.248 e. The predicted molar refractivity (Wildman–Crippen MR) is 114 cm³/mol. The molecule has 2 aromatic carbocycles. The summed E-state index contributed by atoms with van der Waals surface area (Å²) in [5, 5.41) is 11.8. The summed E-state index contributed by atoms with van der Waals surface area (Å²) in [6.07, 6.45) is 6.85. The summed E-state index contributed by atoms with van der Waals surface area (Å²) in [5.74, 6) is -0.212. The van der Waals surface area contributed by atoms with Gasteiger partial charge in [0.1, 0.15) is 0 Å². The molecule has 6 nitrogen and oxygen atoms in total. The van der Waals surface area contributed by atoms with Crippen molar-refractivity contribution in [2.45, 2.75) is 13.8 Å². The normalized spacial score (nSPS) is 11.1. The monoisotopic (exact) mass is 383 g/mol. The van der Waals surface area contributed by atoms with Crippen molar-refractivity contribution in [2.75, 3.05) is 5.32 Å². The molecule has 0 spiro atoms. The first-order valence-corrected chi connectivity index (χ1v) is 9.32. The highest BCUT2D eigenvalue weighted by atomic mass is 16.1. The van der Waals surface area contributed by atoms with Gasteiger partial charge in [-0.2, -0.15) is 10.2 Å². The van der Waals surface area contributed by atoms with Crippen LogP contribution in [0.25, 0.3) is 17.5 Å². The van der Waals surface area contributed by atoms with E-state index in [2.05, 4.69) is 15.5 Å². The van der Waals surface area contributed by atoms with Crippen LogP contribution in [0.3, 0.4) is 0 Å². The van der Waals surface area contributed by atoms with Crippen LogP contribution in [0, 0.1) is 13.8 Å². The fourth-order valence-electron chi connectivity index (χ4n) is 3.13. The van der Waals surface area contributed by atoms with Gasteiger partial charge in [0, 0.05) is 17.8 Å². The molecule has 0 saturated carbocycles. The van der Waals surface area contributed by atoms with E-state index in [9.17, 15) is 4.79 Å². The molecule has 0 bridgehead atoms. The summed E-state index contributed by atoms with van der Waals surface area (Å²) in [5.41, 5.74) is 5.15. The largest absolute Gasteiger partial charge is 0.319 e. The molecular weight excluding hydrogens is 362 g/mol. The van der Waals surface area contributed by atoms with E-state index in [1.54, 1.807) is 17.0 Å². The van der Waals surface area contributed by atoms with Crippen molar-refractivity contribution in [3.05, 3.63) is 96.1 Å². The molecule has 0 aliphatic rings. The molecule has 1 N–H and O–H groups in total. The molecule has 0 saturated heterocycles. The van der Waals surface area contributed by atoms with E-state index in [0.29, 0.717) is 0 Å². The zero-order chi connectivity index (χ0) is 20.2. The number of aromatic nitrogens is 4. The fourth-order valence-corrected chi connectivity index (χ4v) is 3.13. The van der Waals surface area contributed by atoms with Gasteiger partial charge < -0.3 is 5.32 Å². The Morgan fingerprint density at radius 2 is 1.62 bits per heavy atom. The van der Waals surface area contributed by atoms with Gasteiger partial charge in [0.25, 0.3) is 0 Å². The number of para-hydroxylation sites is 2. The Bertz CT molecular complexity index is 1160. The Kier molecular flexibility index (Phi) is 5.07. The van der Waals surface area contributed by atoms with Gasteiger partial charge in [0.15, 0.2) is 0 Å². The minimum absolute atomic E-state index is 0.212. The number of carbonyl (C=O) groups excluding carboxylic acids is 1. The van der Waals surface area contributed by atoms with E-state index < -0.39 is 0 Å². The maximum atomic E-state index is 12.5. The van der Waals surface area contributed by atoms with Crippen LogP contribution in [0.1, 0.15) is 17.0 Å². The highest BCUT2D eigenvalue weighted by Crippen LogP contribution is 2.22. The van der Waals surface area contributed by atoms with Crippen molar-refractivity contribution in [3.8, 4) is 11.4 Å². The van der Waals surface area contributed by atoms with Crippen LogP contribution >= 0.6 is 0 Å². The highest BCUT2D eigenvalue weighted by Gasteiger charge is 2.14. The third-order valence-corrected chi connectivity index (χ3v) is 4.59. The molecule has 1 amide bonds. The molecule has 2 heterocycles. The molecule has 0 atom stereocenters. The molecule has 6 heteroatoms. The van der Waals surface area contributed by atoms with Crippen molar-refractivity contribution in [1.82, 2.24) is 19.6 Å². The van der Waals surface area contributed by atoms with E-state index in [1.165, 1.54) is 6.08 Å². The average Bonchev–Trinajstić information content (AvgIpc) is 3.34. The van der Waals surface area contributed by atoms with Gasteiger partial charge in [0.05, 0.1) is 34.6 Å². The van der Waals surface area contributed by atoms with Gasteiger partial charge in [-0.05, 0) is 44.2 Å². The Hall–Kier alpha value is -3.93. The Balaban J connectivity index is 1.48. The van der Waals surface area contributed by atoms with E-state index in [1.807, 2.05) is 85.4 Å². The fraction of sp³-hybridized carbons (Fsp3) is 0.0870. The van der Waals surface area contributed by atoms with Gasteiger partial charge in [0.2, 0.25) is 5.91 Å². The van der Waals surface area contributed by atoms with Crippen LogP contribution in [-0.2, 0) is 4.79 Å². The molecule has 0 aliphatic carbocycles. The van der Waals surface area contributed by atoms with Gasteiger partial charge in [-0.3, -0.25) is 4.79 Å². The summed E-state index contributed by atoms with van der Waals surface area (Å²) in [7, 11) is 0. The first-order valence-electron chi connectivity index (χ1n) is 9.32. The Morgan fingerprint density at radius 1 is 0.966 bits per heavy atom. The molecule has 0 radical (unpaired) electrons. The smallest absolute Gasteiger partial charge is 0.248 e. The summed E-state index contributed by atoms with van der Waals surface area (Å²) in [4.78, 5) is 12.5. The number of nitrogens with zero attached hydrogens (tertiary/aromatic N) is 4. The molecule has 0 unspecified atom stereocenters. The highest BCUT2D eigenvalue weighted by molar-refractivity contribution is 6.02. The number of hydrogen-bond donors (Lipinski definition) is 1. The lowest BCUT2D eigenvalue weighted by Crippen LogP contribution is -2.09. The number of hydrogen-bond acceptors (Lipinski definition) is 3. The molecule has 0 fully saturated rings. The number of nitrogens with one attached hydrogen (secondary N) is 1. The van der Waals surface area contributed by atoms with Crippen LogP contribution in [0.2, 0.25) is 0 Å².